The van der Waals surface area contributed by atoms with Crippen LogP contribution in [0.1, 0.15) is 38.5 Å². The van der Waals surface area contributed by atoms with E-state index < -0.39 is 0 Å². The van der Waals surface area contributed by atoms with Crippen molar-refractivity contribution in [2.24, 2.45) is 11.8 Å². The van der Waals surface area contributed by atoms with E-state index >= 15 is 0 Å². The fraction of sp³-hybridized carbons (Fsp3) is 1.00. The maximum atomic E-state index is 3.57. The smallest absolute Gasteiger partial charge is 0.0104 e. The van der Waals surface area contributed by atoms with Crippen molar-refractivity contribution >= 4 is 0 Å². The van der Waals surface area contributed by atoms with Crippen LogP contribution in [0.2, 0.25) is 0 Å². The summed E-state index contributed by atoms with van der Waals surface area (Å²) in [4.78, 5) is 5.07. The van der Waals surface area contributed by atoms with Crippen LogP contribution in [0.25, 0.3) is 0 Å². The number of rotatable bonds is 5. The molecular formula is C16H33N3. The fourth-order valence-corrected chi connectivity index (χ4v) is 4.07. The highest BCUT2D eigenvalue weighted by Gasteiger charge is 2.25. The highest BCUT2D eigenvalue weighted by molar-refractivity contribution is 4.82. The van der Waals surface area contributed by atoms with Gasteiger partial charge in [0.2, 0.25) is 0 Å². The molecule has 1 saturated carbocycles. The second-order valence-electron chi connectivity index (χ2n) is 6.93. The van der Waals surface area contributed by atoms with Crippen LogP contribution in [0.5, 0.6) is 0 Å². The summed E-state index contributed by atoms with van der Waals surface area (Å²) in [5, 5.41) is 3.57. The van der Waals surface area contributed by atoms with Gasteiger partial charge in [-0.15, -0.1) is 0 Å². The Labute approximate surface area is 119 Å². The maximum absolute atomic E-state index is 3.57. The maximum Gasteiger partial charge on any atom is 0.0104 e. The van der Waals surface area contributed by atoms with Gasteiger partial charge in [0.15, 0.2) is 0 Å². The second kappa shape index (κ2) is 7.61. The van der Waals surface area contributed by atoms with Gasteiger partial charge in [-0.05, 0) is 58.8 Å². The minimum atomic E-state index is 0.746. The second-order valence-corrected chi connectivity index (χ2v) is 6.93. The van der Waals surface area contributed by atoms with Gasteiger partial charge in [0.05, 0.1) is 0 Å². The number of likely N-dealkylation sites (tertiary alicyclic amines) is 1. The first kappa shape index (κ1) is 15.3. The van der Waals surface area contributed by atoms with Crippen molar-refractivity contribution < 1.29 is 0 Å². The van der Waals surface area contributed by atoms with Crippen LogP contribution in [0.15, 0.2) is 0 Å². The number of hydrogen-bond donors (Lipinski definition) is 1. The van der Waals surface area contributed by atoms with E-state index in [4.69, 9.17) is 0 Å². The third-order valence-corrected chi connectivity index (χ3v) is 5.13. The normalized spacial score (nSPS) is 33.8. The molecule has 0 spiro atoms. The minimum Gasteiger partial charge on any atom is -0.317 e. The number of nitrogens with zero attached hydrogens (tertiary/aromatic N) is 2. The molecule has 1 heterocycles. The molecule has 3 heteroatoms. The Morgan fingerprint density at radius 2 is 1.89 bits per heavy atom. The summed E-state index contributed by atoms with van der Waals surface area (Å²) in [5.74, 6) is 1.76. The van der Waals surface area contributed by atoms with Crippen molar-refractivity contribution in [1.82, 2.24) is 15.1 Å². The van der Waals surface area contributed by atoms with Crippen LogP contribution in [0.4, 0.5) is 0 Å². The predicted octanol–water partition coefficient (Wildman–Crippen LogP) is 2.04. The number of hydrogen-bond acceptors (Lipinski definition) is 3. The molecule has 2 aliphatic rings. The van der Waals surface area contributed by atoms with E-state index in [2.05, 4.69) is 36.3 Å². The van der Waals surface area contributed by atoms with Crippen LogP contribution < -0.4 is 5.32 Å². The zero-order valence-corrected chi connectivity index (χ0v) is 13.2. The van der Waals surface area contributed by atoms with E-state index in [1.54, 1.807) is 0 Å². The molecule has 0 aromatic rings. The Morgan fingerprint density at radius 3 is 2.58 bits per heavy atom. The molecule has 2 rings (SSSR count). The summed E-state index contributed by atoms with van der Waals surface area (Å²) in [6, 6.07) is 0.746. The highest BCUT2D eigenvalue weighted by atomic mass is 15.2. The van der Waals surface area contributed by atoms with Crippen molar-refractivity contribution in [3.05, 3.63) is 0 Å². The first-order valence-electron chi connectivity index (χ1n) is 8.23. The largest absolute Gasteiger partial charge is 0.317 e. The monoisotopic (exact) mass is 267 g/mol. The van der Waals surface area contributed by atoms with Gasteiger partial charge < -0.3 is 15.1 Å². The Bertz CT molecular complexity index is 256. The summed E-state index contributed by atoms with van der Waals surface area (Å²) in [5.41, 5.74) is 0. The lowest BCUT2D eigenvalue weighted by Crippen LogP contribution is -2.40. The van der Waals surface area contributed by atoms with E-state index in [1.165, 1.54) is 64.7 Å². The standard InChI is InChI=1S/C16H33N3/c1-17-16-8-6-4-5-7-15(16)13-19(3)12-14-9-10-18(2)11-14/h14-17H,4-13H2,1-3H3. The van der Waals surface area contributed by atoms with Crippen LogP contribution in [-0.2, 0) is 0 Å². The lowest BCUT2D eigenvalue weighted by Gasteiger charge is -2.30. The van der Waals surface area contributed by atoms with Gasteiger partial charge >= 0.3 is 0 Å². The summed E-state index contributed by atoms with van der Waals surface area (Å²) < 4.78 is 0. The third-order valence-electron chi connectivity index (χ3n) is 5.13. The first-order valence-corrected chi connectivity index (χ1v) is 8.23. The van der Waals surface area contributed by atoms with Crippen LogP contribution in [0, 0.1) is 11.8 Å². The molecule has 1 aliphatic heterocycles. The summed E-state index contributed by atoms with van der Waals surface area (Å²) >= 11 is 0. The Morgan fingerprint density at radius 1 is 1.11 bits per heavy atom. The summed E-state index contributed by atoms with van der Waals surface area (Å²) in [7, 11) is 6.73. The van der Waals surface area contributed by atoms with Gasteiger partial charge in [0, 0.05) is 25.7 Å². The lowest BCUT2D eigenvalue weighted by molar-refractivity contribution is 0.204. The lowest BCUT2D eigenvalue weighted by atomic mass is 9.94. The molecule has 1 N–H and O–H groups in total. The van der Waals surface area contributed by atoms with Crippen molar-refractivity contribution in [1.29, 1.82) is 0 Å². The van der Waals surface area contributed by atoms with E-state index in [0.29, 0.717) is 0 Å². The molecule has 0 bridgehead atoms. The van der Waals surface area contributed by atoms with Gasteiger partial charge in [-0.25, -0.2) is 0 Å². The molecule has 1 saturated heterocycles. The van der Waals surface area contributed by atoms with Crippen molar-refractivity contribution in [3.8, 4) is 0 Å². The van der Waals surface area contributed by atoms with Gasteiger partial charge in [0.25, 0.3) is 0 Å². The molecule has 0 aromatic heterocycles. The zero-order valence-electron chi connectivity index (χ0n) is 13.2. The molecule has 3 unspecified atom stereocenters. The van der Waals surface area contributed by atoms with Crippen molar-refractivity contribution in [3.63, 3.8) is 0 Å². The van der Waals surface area contributed by atoms with Crippen LogP contribution in [0.3, 0.4) is 0 Å². The SMILES string of the molecule is CNC1CCCCCC1CN(C)CC1CCN(C)C1. The fourth-order valence-electron chi connectivity index (χ4n) is 4.07. The molecule has 0 radical (unpaired) electrons. The van der Waals surface area contributed by atoms with E-state index in [0.717, 1.165) is 17.9 Å². The van der Waals surface area contributed by atoms with Crippen LogP contribution in [-0.4, -0.2) is 63.2 Å². The molecule has 0 amide bonds. The number of nitrogens with one attached hydrogen (secondary N) is 1. The van der Waals surface area contributed by atoms with E-state index in [9.17, 15) is 0 Å². The molecule has 0 aromatic carbocycles. The predicted molar refractivity (Wildman–Crippen MR) is 82.5 cm³/mol. The molecule has 1 aliphatic carbocycles. The zero-order chi connectivity index (χ0) is 13.7. The third kappa shape index (κ3) is 4.73. The van der Waals surface area contributed by atoms with Gasteiger partial charge in [0.1, 0.15) is 0 Å². The van der Waals surface area contributed by atoms with Crippen molar-refractivity contribution in [2.75, 3.05) is 47.3 Å². The Kier molecular flexibility index (Phi) is 6.11. The Balaban J connectivity index is 1.77. The molecule has 112 valence electrons. The van der Waals surface area contributed by atoms with Gasteiger partial charge in [-0.3, -0.25) is 0 Å². The molecule has 3 atom stereocenters. The van der Waals surface area contributed by atoms with E-state index in [-0.39, 0.29) is 0 Å². The summed E-state index contributed by atoms with van der Waals surface area (Å²) in [6.07, 6.45) is 8.47. The average molecular weight is 267 g/mol. The molecular weight excluding hydrogens is 234 g/mol. The molecule has 3 nitrogen and oxygen atoms in total. The first-order chi connectivity index (χ1) is 9.19. The quantitative estimate of drug-likeness (QED) is 0.769. The Hall–Kier alpha value is -0.120. The average Bonchev–Trinajstić information content (AvgIpc) is 2.65. The van der Waals surface area contributed by atoms with E-state index in [1.807, 2.05) is 0 Å². The van der Waals surface area contributed by atoms with Crippen LogP contribution >= 0.6 is 0 Å². The summed E-state index contributed by atoms with van der Waals surface area (Å²) in [6.45, 7) is 5.16. The van der Waals surface area contributed by atoms with Crippen molar-refractivity contribution in [2.45, 2.75) is 44.6 Å². The topological polar surface area (TPSA) is 18.5 Å². The minimum absolute atomic E-state index is 0.746. The molecule has 2 fully saturated rings. The van der Waals surface area contributed by atoms with Gasteiger partial charge in [-0.1, -0.05) is 19.3 Å². The molecule has 19 heavy (non-hydrogen) atoms. The van der Waals surface area contributed by atoms with Gasteiger partial charge in [-0.2, -0.15) is 0 Å². The highest BCUT2D eigenvalue weighted by Crippen LogP contribution is 2.25.